The molecular formula is C19H13F3N4O2. The number of amides is 1. The van der Waals surface area contributed by atoms with Crippen LogP contribution in [0.15, 0.2) is 54.7 Å². The van der Waals surface area contributed by atoms with Crippen molar-refractivity contribution in [1.82, 2.24) is 9.78 Å². The van der Waals surface area contributed by atoms with E-state index in [2.05, 4.69) is 10.4 Å². The van der Waals surface area contributed by atoms with E-state index < -0.39 is 17.6 Å². The van der Waals surface area contributed by atoms with Crippen molar-refractivity contribution in [3.63, 3.8) is 0 Å². The first kappa shape index (κ1) is 19.0. The number of nitriles is 1. The largest absolute Gasteiger partial charge is 0.493 e. The van der Waals surface area contributed by atoms with E-state index in [0.29, 0.717) is 11.3 Å². The number of nitrogens with one attached hydrogen (secondary N) is 1. The molecule has 2 aromatic carbocycles. The second kappa shape index (κ2) is 7.44. The number of carbonyl (C=O) groups is 1. The van der Waals surface area contributed by atoms with Gasteiger partial charge in [-0.25, -0.2) is 4.68 Å². The summed E-state index contributed by atoms with van der Waals surface area (Å²) >= 11 is 0. The minimum atomic E-state index is -4.50. The average Bonchev–Trinajstić information content (AvgIpc) is 3.12. The van der Waals surface area contributed by atoms with Gasteiger partial charge in [-0.3, -0.25) is 4.79 Å². The van der Waals surface area contributed by atoms with Crippen molar-refractivity contribution in [3.8, 4) is 17.5 Å². The second-order valence-corrected chi connectivity index (χ2v) is 5.69. The summed E-state index contributed by atoms with van der Waals surface area (Å²) in [4.78, 5) is 12.5. The maximum absolute atomic E-state index is 12.9. The number of methoxy groups -OCH3 is 1. The molecule has 1 N–H and O–H groups in total. The molecule has 3 rings (SSSR count). The fourth-order valence-electron chi connectivity index (χ4n) is 2.48. The van der Waals surface area contributed by atoms with Crippen LogP contribution in [-0.4, -0.2) is 22.8 Å². The van der Waals surface area contributed by atoms with Gasteiger partial charge in [0.15, 0.2) is 11.4 Å². The third-order valence-electron chi connectivity index (χ3n) is 3.80. The van der Waals surface area contributed by atoms with Crippen LogP contribution in [0.25, 0.3) is 5.69 Å². The van der Waals surface area contributed by atoms with Crippen molar-refractivity contribution >= 4 is 11.6 Å². The Labute approximate surface area is 157 Å². The number of hydrogen-bond acceptors (Lipinski definition) is 4. The van der Waals surface area contributed by atoms with Crippen LogP contribution in [0.1, 0.15) is 21.6 Å². The first-order valence-electron chi connectivity index (χ1n) is 7.94. The second-order valence-electron chi connectivity index (χ2n) is 5.69. The molecule has 0 atom stereocenters. The first-order valence-corrected chi connectivity index (χ1v) is 7.94. The third-order valence-corrected chi connectivity index (χ3v) is 3.80. The number of nitrogens with zero attached hydrogens (tertiary/aromatic N) is 3. The average molecular weight is 386 g/mol. The minimum absolute atomic E-state index is 0.0892. The summed E-state index contributed by atoms with van der Waals surface area (Å²) in [7, 11) is 1.32. The predicted molar refractivity (Wildman–Crippen MR) is 94.2 cm³/mol. The van der Waals surface area contributed by atoms with Gasteiger partial charge in [0, 0.05) is 5.69 Å². The van der Waals surface area contributed by atoms with Crippen LogP contribution in [0.4, 0.5) is 18.9 Å². The van der Waals surface area contributed by atoms with Gasteiger partial charge < -0.3 is 10.1 Å². The Balaban J connectivity index is 1.92. The molecule has 28 heavy (non-hydrogen) atoms. The molecule has 142 valence electrons. The number of rotatable bonds is 4. The Hall–Kier alpha value is -3.80. The number of halogens is 3. The molecule has 3 aromatic rings. The summed E-state index contributed by atoms with van der Waals surface area (Å²) in [5.41, 5.74) is -0.0845. The molecular weight excluding hydrogens is 373 g/mol. The van der Waals surface area contributed by atoms with Gasteiger partial charge in [-0.2, -0.15) is 23.5 Å². The molecule has 0 aliphatic heterocycles. The maximum atomic E-state index is 12.9. The van der Waals surface area contributed by atoms with E-state index in [9.17, 15) is 18.0 Å². The minimum Gasteiger partial charge on any atom is -0.493 e. The molecule has 9 heteroatoms. The lowest BCUT2D eigenvalue weighted by atomic mass is 10.2. The van der Waals surface area contributed by atoms with E-state index in [-0.39, 0.29) is 17.1 Å². The molecule has 0 saturated carbocycles. The monoisotopic (exact) mass is 386 g/mol. The highest BCUT2D eigenvalue weighted by Gasteiger charge is 2.30. The molecule has 0 aliphatic carbocycles. The number of aromatic nitrogens is 2. The molecule has 0 saturated heterocycles. The van der Waals surface area contributed by atoms with E-state index in [1.54, 1.807) is 18.2 Å². The van der Waals surface area contributed by atoms with Crippen LogP contribution < -0.4 is 10.1 Å². The smallest absolute Gasteiger partial charge is 0.416 e. The molecule has 0 radical (unpaired) electrons. The zero-order valence-corrected chi connectivity index (χ0v) is 14.5. The SMILES string of the molecule is COc1cn(-c2cccc(C(F)(F)F)c2)nc1C(=O)Nc1cccc(C#N)c1. The van der Waals surface area contributed by atoms with Gasteiger partial charge in [0.25, 0.3) is 5.91 Å². The van der Waals surface area contributed by atoms with Gasteiger partial charge in [0.1, 0.15) is 0 Å². The number of ether oxygens (including phenoxy) is 1. The predicted octanol–water partition coefficient (Wildman–Crippen LogP) is 4.02. The zero-order valence-electron chi connectivity index (χ0n) is 14.5. The molecule has 1 heterocycles. The third kappa shape index (κ3) is 3.96. The van der Waals surface area contributed by atoms with Crippen LogP contribution in [0.2, 0.25) is 0 Å². The van der Waals surface area contributed by atoms with Gasteiger partial charge >= 0.3 is 6.18 Å². The standard InChI is InChI=1S/C19H13F3N4O2/c1-28-16-11-26(15-7-3-5-13(9-15)19(20,21)22)25-17(16)18(27)24-14-6-2-4-12(8-14)10-23/h2-9,11H,1H3,(H,24,27). The topological polar surface area (TPSA) is 79.9 Å². The number of benzene rings is 2. The summed E-state index contributed by atoms with van der Waals surface area (Å²) in [6.45, 7) is 0. The number of hydrogen-bond donors (Lipinski definition) is 1. The van der Waals surface area contributed by atoms with Crippen LogP contribution >= 0.6 is 0 Å². The molecule has 1 amide bonds. The Morgan fingerprint density at radius 2 is 1.96 bits per heavy atom. The van der Waals surface area contributed by atoms with Crippen LogP contribution in [0.5, 0.6) is 5.75 Å². The highest BCUT2D eigenvalue weighted by Crippen LogP contribution is 2.31. The van der Waals surface area contributed by atoms with Gasteiger partial charge in [0.05, 0.1) is 36.2 Å². The number of carbonyl (C=O) groups excluding carboxylic acids is 1. The van der Waals surface area contributed by atoms with Crippen LogP contribution in [0, 0.1) is 11.3 Å². The first-order chi connectivity index (χ1) is 13.3. The summed E-state index contributed by atoms with van der Waals surface area (Å²) in [5, 5.41) is 15.6. The van der Waals surface area contributed by atoms with E-state index in [4.69, 9.17) is 10.00 Å². The maximum Gasteiger partial charge on any atom is 0.416 e. The van der Waals surface area contributed by atoms with E-state index >= 15 is 0 Å². The molecule has 0 unspecified atom stereocenters. The Bertz CT molecular complexity index is 1070. The molecule has 6 nitrogen and oxygen atoms in total. The fraction of sp³-hybridized carbons (Fsp3) is 0.105. The van der Waals surface area contributed by atoms with E-state index in [1.807, 2.05) is 6.07 Å². The fourth-order valence-corrected chi connectivity index (χ4v) is 2.48. The Morgan fingerprint density at radius 1 is 1.21 bits per heavy atom. The molecule has 0 bridgehead atoms. The van der Waals surface area contributed by atoms with Crippen molar-refractivity contribution in [2.24, 2.45) is 0 Å². The zero-order chi connectivity index (χ0) is 20.3. The van der Waals surface area contributed by atoms with Gasteiger partial charge in [-0.1, -0.05) is 12.1 Å². The van der Waals surface area contributed by atoms with Crippen LogP contribution in [0.3, 0.4) is 0 Å². The van der Waals surface area contributed by atoms with Crippen molar-refractivity contribution in [3.05, 3.63) is 71.5 Å². The normalized spacial score (nSPS) is 11.0. The quantitative estimate of drug-likeness (QED) is 0.734. The van der Waals surface area contributed by atoms with Gasteiger partial charge in [0.2, 0.25) is 0 Å². The number of alkyl halides is 3. The Kier molecular flexibility index (Phi) is 5.04. The summed E-state index contributed by atoms with van der Waals surface area (Å²) in [6, 6.07) is 12.8. The van der Waals surface area contributed by atoms with Gasteiger partial charge in [-0.15, -0.1) is 0 Å². The van der Waals surface area contributed by atoms with Gasteiger partial charge in [-0.05, 0) is 36.4 Å². The molecule has 0 fully saturated rings. The number of anilines is 1. The van der Waals surface area contributed by atoms with Crippen molar-refractivity contribution in [2.45, 2.75) is 6.18 Å². The Morgan fingerprint density at radius 3 is 2.64 bits per heavy atom. The van der Waals surface area contributed by atoms with Crippen molar-refractivity contribution < 1.29 is 22.7 Å². The molecule has 0 spiro atoms. The molecule has 0 aliphatic rings. The highest BCUT2D eigenvalue weighted by molar-refractivity contribution is 6.04. The summed E-state index contributed by atoms with van der Waals surface area (Å²) in [5.74, 6) is -0.538. The summed E-state index contributed by atoms with van der Waals surface area (Å²) in [6.07, 6.45) is -3.19. The summed E-state index contributed by atoms with van der Waals surface area (Å²) < 4.78 is 45.0. The lowest BCUT2D eigenvalue weighted by Gasteiger charge is -2.08. The molecule has 1 aromatic heterocycles. The van der Waals surface area contributed by atoms with Crippen molar-refractivity contribution in [2.75, 3.05) is 12.4 Å². The van der Waals surface area contributed by atoms with Crippen LogP contribution in [-0.2, 0) is 6.18 Å². The van der Waals surface area contributed by atoms with Crippen molar-refractivity contribution in [1.29, 1.82) is 5.26 Å². The van der Waals surface area contributed by atoms with E-state index in [1.165, 1.54) is 31.5 Å². The lowest BCUT2D eigenvalue weighted by Crippen LogP contribution is -2.14. The lowest BCUT2D eigenvalue weighted by molar-refractivity contribution is -0.137. The highest BCUT2D eigenvalue weighted by atomic mass is 19.4. The van der Waals surface area contributed by atoms with E-state index in [0.717, 1.165) is 16.8 Å².